The Morgan fingerprint density at radius 3 is 2.59 bits per heavy atom. The Morgan fingerprint density at radius 2 is 2.00 bits per heavy atom. The molecule has 0 radical (unpaired) electrons. The van der Waals surface area contributed by atoms with Gasteiger partial charge in [0, 0.05) is 10.6 Å². The first-order valence-corrected chi connectivity index (χ1v) is 5.82. The van der Waals surface area contributed by atoms with Gasteiger partial charge in [0.05, 0.1) is 5.71 Å². The highest BCUT2D eigenvalue weighted by Gasteiger charge is 2.08. The number of nitrogens with one attached hydrogen (secondary N) is 1. The lowest BCUT2D eigenvalue weighted by molar-refractivity contribution is 0.0955. The number of rotatable bonds is 2. The maximum Gasteiger partial charge on any atom is 0.271 e. The molecule has 0 fully saturated rings. The molecule has 4 heteroatoms. The molecule has 1 N–H and O–H groups in total. The lowest BCUT2D eigenvalue weighted by Gasteiger charge is -2.00. The highest BCUT2D eigenvalue weighted by atomic mass is 35.5. The fraction of sp³-hybridized carbons (Fsp3) is 0.231. The molecule has 2 rings (SSSR count). The predicted molar refractivity (Wildman–Crippen MR) is 69.3 cm³/mol. The quantitative estimate of drug-likeness (QED) is 0.803. The van der Waals surface area contributed by atoms with Gasteiger partial charge in [-0.15, -0.1) is 0 Å². The first-order chi connectivity index (χ1) is 8.15. The van der Waals surface area contributed by atoms with Crippen molar-refractivity contribution in [1.29, 1.82) is 0 Å². The minimum absolute atomic E-state index is 0.216. The molecule has 1 aliphatic carbocycles. The number of benzene rings is 1. The van der Waals surface area contributed by atoms with Gasteiger partial charge in [-0.25, -0.2) is 5.43 Å². The smallest absolute Gasteiger partial charge is 0.267 e. The summed E-state index contributed by atoms with van der Waals surface area (Å²) in [5, 5.41) is 4.69. The number of hydrogen-bond donors (Lipinski definition) is 1. The van der Waals surface area contributed by atoms with Gasteiger partial charge in [0.25, 0.3) is 5.91 Å². The van der Waals surface area contributed by atoms with Crippen LogP contribution in [0, 0.1) is 0 Å². The van der Waals surface area contributed by atoms with E-state index in [9.17, 15) is 4.79 Å². The Morgan fingerprint density at radius 1 is 1.29 bits per heavy atom. The monoisotopic (exact) mass is 248 g/mol. The van der Waals surface area contributed by atoms with E-state index in [1.165, 1.54) is 5.57 Å². The molecule has 1 amide bonds. The molecule has 0 saturated carbocycles. The van der Waals surface area contributed by atoms with Gasteiger partial charge in [-0.2, -0.15) is 5.10 Å². The summed E-state index contributed by atoms with van der Waals surface area (Å²) in [6.07, 6.45) is 3.92. The van der Waals surface area contributed by atoms with Crippen LogP contribution in [0.2, 0.25) is 5.02 Å². The number of halogens is 1. The van der Waals surface area contributed by atoms with Gasteiger partial charge in [-0.3, -0.25) is 4.79 Å². The third kappa shape index (κ3) is 3.17. The minimum atomic E-state index is -0.216. The highest BCUT2D eigenvalue weighted by molar-refractivity contribution is 6.30. The summed E-state index contributed by atoms with van der Waals surface area (Å²) in [5.41, 5.74) is 5.31. The van der Waals surface area contributed by atoms with Gasteiger partial charge in [-0.1, -0.05) is 17.2 Å². The van der Waals surface area contributed by atoms with Gasteiger partial charge >= 0.3 is 0 Å². The summed E-state index contributed by atoms with van der Waals surface area (Å²) in [6, 6.07) is 6.72. The molecule has 88 valence electrons. The maximum atomic E-state index is 11.7. The van der Waals surface area contributed by atoms with E-state index in [-0.39, 0.29) is 5.91 Å². The largest absolute Gasteiger partial charge is 0.271 e. The highest BCUT2D eigenvalue weighted by Crippen LogP contribution is 2.14. The van der Waals surface area contributed by atoms with Crippen molar-refractivity contribution in [2.45, 2.75) is 19.8 Å². The molecule has 0 atom stereocenters. The Labute approximate surface area is 105 Å². The number of carbonyl (C=O) groups is 1. The van der Waals surface area contributed by atoms with Crippen molar-refractivity contribution in [1.82, 2.24) is 5.43 Å². The van der Waals surface area contributed by atoms with Crippen LogP contribution in [0.15, 0.2) is 41.0 Å². The van der Waals surface area contributed by atoms with E-state index in [0.717, 1.165) is 18.6 Å². The fourth-order valence-corrected chi connectivity index (χ4v) is 1.76. The zero-order chi connectivity index (χ0) is 12.3. The molecule has 0 aliphatic heterocycles. The molecular formula is C13H13ClN2O. The fourth-order valence-electron chi connectivity index (χ4n) is 1.63. The van der Waals surface area contributed by atoms with Crippen LogP contribution >= 0.6 is 11.6 Å². The number of carbonyl (C=O) groups excluding carboxylic acids is 1. The molecule has 17 heavy (non-hydrogen) atoms. The van der Waals surface area contributed by atoms with Crippen LogP contribution in [0.3, 0.4) is 0 Å². The molecule has 1 aliphatic rings. The zero-order valence-corrected chi connectivity index (χ0v) is 10.3. The first kappa shape index (κ1) is 11.9. The summed E-state index contributed by atoms with van der Waals surface area (Å²) < 4.78 is 0. The van der Waals surface area contributed by atoms with Crippen LogP contribution in [0.5, 0.6) is 0 Å². The topological polar surface area (TPSA) is 41.5 Å². The Kier molecular flexibility index (Phi) is 3.59. The van der Waals surface area contributed by atoms with Crippen LogP contribution in [0.25, 0.3) is 0 Å². The Hall–Kier alpha value is -1.61. The van der Waals surface area contributed by atoms with Crippen molar-refractivity contribution in [2.75, 3.05) is 0 Å². The first-order valence-electron chi connectivity index (χ1n) is 5.45. The summed E-state index contributed by atoms with van der Waals surface area (Å²) in [7, 11) is 0. The number of allylic oxidation sites excluding steroid dienone is 2. The van der Waals surface area contributed by atoms with E-state index in [2.05, 4.69) is 17.5 Å². The number of nitrogens with zero attached hydrogens (tertiary/aromatic N) is 1. The zero-order valence-electron chi connectivity index (χ0n) is 9.53. The van der Waals surface area contributed by atoms with Crippen molar-refractivity contribution >= 4 is 23.2 Å². The van der Waals surface area contributed by atoms with Crippen LogP contribution in [-0.4, -0.2) is 11.6 Å². The van der Waals surface area contributed by atoms with Gasteiger partial charge < -0.3 is 0 Å². The maximum absolute atomic E-state index is 11.7. The van der Waals surface area contributed by atoms with Crippen molar-refractivity contribution in [3.05, 3.63) is 46.5 Å². The molecule has 0 unspecified atom stereocenters. The third-order valence-electron chi connectivity index (χ3n) is 2.60. The predicted octanol–water partition coefficient (Wildman–Crippen LogP) is 3.17. The Balaban J connectivity index is 2.00. The molecule has 0 aromatic heterocycles. The summed E-state index contributed by atoms with van der Waals surface area (Å²) in [4.78, 5) is 11.7. The van der Waals surface area contributed by atoms with E-state index in [1.807, 2.05) is 6.08 Å². The molecule has 0 spiro atoms. The van der Waals surface area contributed by atoms with Crippen LogP contribution in [0.4, 0.5) is 0 Å². The molecule has 1 aromatic carbocycles. The molecule has 0 heterocycles. The lowest BCUT2D eigenvalue weighted by Crippen LogP contribution is -2.18. The molecular weight excluding hydrogens is 236 g/mol. The van der Waals surface area contributed by atoms with Crippen molar-refractivity contribution in [3.63, 3.8) is 0 Å². The van der Waals surface area contributed by atoms with E-state index in [0.29, 0.717) is 10.6 Å². The second kappa shape index (κ2) is 5.15. The van der Waals surface area contributed by atoms with Gasteiger partial charge in [0.2, 0.25) is 0 Å². The van der Waals surface area contributed by atoms with Crippen LogP contribution in [0.1, 0.15) is 30.1 Å². The normalized spacial score (nSPS) is 17.1. The van der Waals surface area contributed by atoms with Crippen molar-refractivity contribution in [2.24, 2.45) is 5.10 Å². The van der Waals surface area contributed by atoms with Crippen molar-refractivity contribution in [3.8, 4) is 0 Å². The van der Waals surface area contributed by atoms with Gasteiger partial charge in [0.15, 0.2) is 0 Å². The van der Waals surface area contributed by atoms with Gasteiger partial charge in [-0.05, 0) is 50.1 Å². The molecule has 1 aromatic rings. The average Bonchev–Trinajstić information content (AvgIpc) is 2.73. The molecule has 0 bridgehead atoms. The summed E-state index contributed by atoms with van der Waals surface area (Å²) in [6.45, 7) is 2.06. The number of hydrogen-bond acceptors (Lipinski definition) is 2. The lowest BCUT2D eigenvalue weighted by atomic mass is 10.2. The van der Waals surface area contributed by atoms with E-state index >= 15 is 0 Å². The summed E-state index contributed by atoms with van der Waals surface area (Å²) in [5.74, 6) is -0.216. The average molecular weight is 249 g/mol. The van der Waals surface area contributed by atoms with E-state index in [4.69, 9.17) is 11.6 Å². The SMILES string of the molecule is CC1=CC(=NNC(=O)c2ccc(Cl)cc2)CC1. The third-order valence-corrected chi connectivity index (χ3v) is 2.85. The van der Waals surface area contributed by atoms with E-state index < -0.39 is 0 Å². The molecule has 3 nitrogen and oxygen atoms in total. The van der Waals surface area contributed by atoms with Gasteiger partial charge in [0.1, 0.15) is 0 Å². The van der Waals surface area contributed by atoms with Crippen LogP contribution in [-0.2, 0) is 0 Å². The summed E-state index contributed by atoms with van der Waals surface area (Å²) >= 11 is 5.75. The Bertz CT molecular complexity index is 489. The van der Waals surface area contributed by atoms with E-state index in [1.54, 1.807) is 24.3 Å². The number of amides is 1. The minimum Gasteiger partial charge on any atom is -0.267 e. The van der Waals surface area contributed by atoms with Crippen LogP contribution < -0.4 is 5.43 Å². The second-order valence-electron chi connectivity index (χ2n) is 4.04. The van der Waals surface area contributed by atoms with Crippen molar-refractivity contribution < 1.29 is 4.79 Å². The standard InChI is InChI=1S/C13H13ClN2O/c1-9-2-7-12(8-9)15-16-13(17)10-3-5-11(14)6-4-10/h3-6,8H,2,7H2,1H3,(H,16,17). The number of hydrazone groups is 1. The molecule has 0 saturated heterocycles. The second-order valence-corrected chi connectivity index (χ2v) is 4.48.